The standard InChI is InChI=1S/C11H12N4O2/c1-6-7(10(16)12-2)8-9-13-3-4-15(9)5-14-11(8)17-6/h5H,3-4H2,1-2H3,(H,12,16). The quantitative estimate of drug-likeness (QED) is 0.774. The summed E-state index contributed by atoms with van der Waals surface area (Å²) in [4.78, 5) is 22.4. The minimum Gasteiger partial charge on any atom is -0.442 e. The molecule has 3 rings (SSSR count). The Morgan fingerprint density at radius 3 is 3.18 bits per heavy atom. The molecule has 0 radical (unpaired) electrons. The van der Waals surface area contributed by atoms with Crippen LogP contribution in [-0.2, 0) is 0 Å². The maximum atomic E-state index is 11.9. The lowest BCUT2D eigenvalue weighted by Gasteiger charge is -2.17. The van der Waals surface area contributed by atoms with Crippen molar-refractivity contribution >= 4 is 24.0 Å². The van der Waals surface area contributed by atoms with Crippen LogP contribution in [0.5, 0.6) is 0 Å². The molecule has 1 aromatic heterocycles. The number of aryl methyl sites for hydroxylation is 1. The minimum absolute atomic E-state index is 0.167. The summed E-state index contributed by atoms with van der Waals surface area (Å²) in [6.07, 6.45) is 1.70. The largest absolute Gasteiger partial charge is 0.442 e. The Morgan fingerprint density at radius 1 is 1.59 bits per heavy atom. The predicted molar refractivity (Wildman–Crippen MR) is 63.1 cm³/mol. The van der Waals surface area contributed by atoms with Gasteiger partial charge in [0, 0.05) is 13.6 Å². The molecule has 6 nitrogen and oxygen atoms in total. The van der Waals surface area contributed by atoms with E-state index in [9.17, 15) is 4.79 Å². The number of nitrogens with one attached hydrogen (secondary N) is 1. The molecular formula is C11H12N4O2. The van der Waals surface area contributed by atoms with Crippen LogP contribution in [-0.4, -0.2) is 43.1 Å². The van der Waals surface area contributed by atoms with Gasteiger partial charge in [0.05, 0.1) is 17.7 Å². The fourth-order valence-electron chi connectivity index (χ4n) is 2.14. The number of hydrogen-bond acceptors (Lipinski definition) is 5. The van der Waals surface area contributed by atoms with Crippen LogP contribution in [0.25, 0.3) is 0 Å². The highest BCUT2D eigenvalue weighted by atomic mass is 16.4. The Hall–Kier alpha value is -2.11. The Morgan fingerprint density at radius 2 is 2.41 bits per heavy atom. The van der Waals surface area contributed by atoms with E-state index < -0.39 is 0 Å². The number of hydrogen-bond donors (Lipinski definition) is 1. The molecule has 0 aromatic carbocycles. The third-order valence-corrected chi connectivity index (χ3v) is 2.93. The lowest BCUT2D eigenvalue weighted by Crippen LogP contribution is -2.31. The maximum Gasteiger partial charge on any atom is 0.255 e. The van der Waals surface area contributed by atoms with Crippen molar-refractivity contribution in [3.05, 3.63) is 16.9 Å². The Kier molecular flexibility index (Phi) is 2.04. The van der Waals surface area contributed by atoms with Gasteiger partial charge < -0.3 is 14.6 Å². The molecule has 88 valence electrons. The van der Waals surface area contributed by atoms with Crippen molar-refractivity contribution in [3.8, 4) is 0 Å². The monoisotopic (exact) mass is 232 g/mol. The predicted octanol–water partition coefficient (Wildman–Crippen LogP) is 0.683. The first-order chi connectivity index (χ1) is 8.22. The molecule has 17 heavy (non-hydrogen) atoms. The van der Waals surface area contributed by atoms with Gasteiger partial charge in [0.2, 0.25) is 5.88 Å². The number of fused-ring (bicyclic) bond motifs is 3. The molecule has 0 spiro atoms. The van der Waals surface area contributed by atoms with E-state index >= 15 is 0 Å². The normalized spacial score (nSPS) is 16.6. The third-order valence-electron chi connectivity index (χ3n) is 2.93. The van der Waals surface area contributed by atoms with Gasteiger partial charge in [-0.1, -0.05) is 0 Å². The van der Waals surface area contributed by atoms with E-state index in [0.29, 0.717) is 22.8 Å². The molecule has 6 heteroatoms. The molecular weight excluding hydrogens is 220 g/mol. The van der Waals surface area contributed by atoms with E-state index in [-0.39, 0.29) is 5.91 Å². The molecule has 0 fully saturated rings. The van der Waals surface area contributed by atoms with Crippen LogP contribution in [0.4, 0.5) is 5.88 Å². The summed E-state index contributed by atoms with van der Waals surface area (Å²) < 4.78 is 5.50. The summed E-state index contributed by atoms with van der Waals surface area (Å²) in [5.74, 6) is 1.66. The number of carbonyl (C=O) groups is 1. The third kappa shape index (κ3) is 1.30. The minimum atomic E-state index is -0.167. The van der Waals surface area contributed by atoms with E-state index in [0.717, 1.165) is 18.9 Å². The van der Waals surface area contributed by atoms with Crippen molar-refractivity contribution in [2.24, 2.45) is 9.98 Å². The molecule has 3 heterocycles. The van der Waals surface area contributed by atoms with E-state index in [4.69, 9.17) is 4.42 Å². The lowest BCUT2D eigenvalue weighted by atomic mass is 10.1. The number of furan rings is 1. The van der Waals surface area contributed by atoms with E-state index in [1.165, 1.54) is 0 Å². The summed E-state index contributed by atoms with van der Waals surface area (Å²) in [7, 11) is 1.60. The van der Waals surface area contributed by atoms with Crippen molar-refractivity contribution < 1.29 is 9.21 Å². The highest BCUT2D eigenvalue weighted by Crippen LogP contribution is 2.34. The van der Waals surface area contributed by atoms with Crippen LogP contribution in [0.15, 0.2) is 14.4 Å². The molecule has 0 unspecified atom stereocenters. The van der Waals surface area contributed by atoms with Gasteiger partial charge in [-0.05, 0) is 6.92 Å². The Labute approximate surface area is 98.0 Å². The second-order valence-electron chi connectivity index (χ2n) is 3.94. The van der Waals surface area contributed by atoms with Gasteiger partial charge in [-0.3, -0.25) is 9.79 Å². The van der Waals surface area contributed by atoms with Crippen molar-refractivity contribution in [3.63, 3.8) is 0 Å². The van der Waals surface area contributed by atoms with Gasteiger partial charge in [-0.2, -0.15) is 0 Å². The number of carbonyl (C=O) groups excluding carboxylic acids is 1. The fraction of sp³-hybridized carbons (Fsp3) is 0.364. The molecule has 1 aromatic rings. The van der Waals surface area contributed by atoms with Crippen molar-refractivity contribution in [1.29, 1.82) is 0 Å². The van der Waals surface area contributed by atoms with E-state index in [1.807, 2.05) is 4.90 Å². The SMILES string of the molecule is CNC(=O)c1c(C)oc2c1C1=NCCN1C=N2. The first-order valence-electron chi connectivity index (χ1n) is 5.43. The van der Waals surface area contributed by atoms with Crippen LogP contribution in [0.1, 0.15) is 21.7 Å². The second kappa shape index (κ2) is 3.44. The van der Waals surface area contributed by atoms with Crippen LogP contribution >= 0.6 is 0 Å². The maximum absolute atomic E-state index is 11.9. The number of amidine groups is 1. The number of nitrogens with zero attached hydrogens (tertiary/aromatic N) is 3. The molecule has 0 atom stereocenters. The average molecular weight is 232 g/mol. The van der Waals surface area contributed by atoms with Crippen LogP contribution in [0.2, 0.25) is 0 Å². The number of aliphatic imine (C=N–C) groups is 2. The molecule has 0 saturated carbocycles. The molecule has 1 amide bonds. The fourth-order valence-corrected chi connectivity index (χ4v) is 2.14. The smallest absolute Gasteiger partial charge is 0.255 e. The van der Waals surface area contributed by atoms with E-state index in [2.05, 4.69) is 15.3 Å². The molecule has 1 N–H and O–H groups in total. The zero-order chi connectivity index (χ0) is 12.0. The second-order valence-corrected chi connectivity index (χ2v) is 3.94. The lowest BCUT2D eigenvalue weighted by molar-refractivity contribution is 0.0961. The summed E-state index contributed by atoms with van der Waals surface area (Å²) in [5.41, 5.74) is 1.24. The van der Waals surface area contributed by atoms with Gasteiger partial charge in [0.25, 0.3) is 5.91 Å². The first kappa shape index (κ1) is 10.1. The van der Waals surface area contributed by atoms with Gasteiger partial charge in [-0.15, -0.1) is 0 Å². The first-order valence-corrected chi connectivity index (χ1v) is 5.43. The van der Waals surface area contributed by atoms with Gasteiger partial charge >= 0.3 is 0 Å². The van der Waals surface area contributed by atoms with Crippen LogP contribution < -0.4 is 5.32 Å². The zero-order valence-electron chi connectivity index (χ0n) is 9.65. The van der Waals surface area contributed by atoms with Crippen molar-refractivity contribution in [1.82, 2.24) is 10.2 Å². The zero-order valence-corrected chi connectivity index (χ0v) is 9.65. The van der Waals surface area contributed by atoms with Gasteiger partial charge in [0.15, 0.2) is 0 Å². The summed E-state index contributed by atoms with van der Waals surface area (Å²) >= 11 is 0. The van der Waals surface area contributed by atoms with Crippen LogP contribution in [0.3, 0.4) is 0 Å². The highest BCUT2D eigenvalue weighted by Gasteiger charge is 2.33. The van der Waals surface area contributed by atoms with Crippen molar-refractivity contribution in [2.45, 2.75) is 6.92 Å². The molecule has 0 saturated heterocycles. The highest BCUT2D eigenvalue weighted by molar-refractivity contribution is 6.17. The van der Waals surface area contributed by atoms with E-state index in [1.54, 1.807) is 20.3 Å². The number of amides is 1. The molecule has 2 aliphatic rings. The van der Waals surface area contributed by atoms with Crippen LogP contribution in [0, 0.1) is 6.92 Å². The number of rotatable bonds is 1. The molecule has 2 aliphatic heterocycles. The summed E-state index contributed by atoms with van der Waals surface area (Å²) in [6.45, 7) is 3.28. The Balaban J connectivity index is 2.23. The van der Waals surface area contributed by atoms with Gasteiger partial charge in [-0.25, -0.2) is 4.99 Å². The summed E-state index contributed by atoms with van der Waals surface area (Å²) in [5, 5.41) is 2.61. The molecule has 0 aliphatic carbocycles. The Bertz CT molecular complexity index is 556. The van der Waals surface area contributed by atoms with Gasteiger partial charge in [0.1, 0.15) is 17.9 Å². The summed E-state index contributed by atoms with van der Waals surface area (Å²) in [6, 6.07) is 0. The topological polar surface area (TPSA) is 70.2 Å². The average Bonchev–Trinajstić information content (AvgIpc) is 2.90. The molecule has 0 bridgehead atoms. The van der Waals surface area contributed by atoms with Crippen molar-refractivity contribution in [2.75, 3.05) is 20.1 Å².